The van der Waals surface area contributed by atoms with Crippen LogP contribution in [-0.2, 0) is 13.0 Å². The van der Waals surface area contributed by atoms with E-state index in [9.17, 15) is 0 Å². The van der Waals surface area contributed by atoms with Gasteiger partial charge in [-0.05, 0) is 35.7 Å². The lowest BCUT2D eigenvalue weighted by molar-refractivity contribution is 0.281. The molecular weight excluding hydrogens is 230 g/mol. The molecule has 0 saturated heterocycles. The minimum absolute atomic E-state index is 0.0334. The standard InChI is InChI=1S/C14H15NO3/c16-8-6-11-1-3-13(4-2-11)18-14-9-12(10-17)5-7-15-14/h1-5,7,9,16-17H,6,8,10H2. The first-order valence-corrected chi connectivity index (χ1v) is 5.75. The molecule has 0 aliphatic rings. The molecule has 0 amide bonds. The molecule has 0 saturated carbocycles. The number of ether oxygens (including phenoxy) is 1. The van der Waals surface area contributed by atoms with E-state index in [0.717, 1.165) is 11.1 Å². The van der Waals surface area contributed by atoms with Crippen LogP contribution in [0.25, 0.3) is 0 Å². The predicted molar refractivity (Wildman–Crippen MR) is 67.5 cm³/mol. The molecule has 0 unspecified atom stereocenters. The highest BCUT2D eigenvalue weighted by molar-refractivity contribution is 5.31. The van der Waals surface area contributed by atoms with Crippen molar-refractivity contribution in [3.05, 3.63) is 53.7 Å². The SMILES string of the molecule is OCCc1ccc(Oc2cc(CO)ccn2)cc1. The van der Waals surface area contributed by atoms with Gasteiger partial charge < -0.3 is 14.9 Å². The Morgan fingerprint density at radius 3 is 2.44 bits per heavy atom. The van der Waals surface area contributed by atoms with Crippen LogP contribution >= 0.6 is 0 Å². The summed E-state index contributed by atoms with van der Waals surface area (Å²) < 4.78 is 5.57. The first-order chi connectivity index (χ1) is 8.81. The summed E-state index contributed by atoms with van der Waals surface area (Å²) in [4.78, 5) is 4.07. The fourth-order valence-electron chi connectivity index (χ4n) is 1.58. The van der Waals surface area contributed by atoms with Gasteiger partial charge in [-0.25, -0.2) is 4.98 Å². The summed E-state index contributed by atoms with van der Waals surface area (Å²) in [6, 6.07) is 10.9. The minimum atomic E-state index is -0.0334. The van der Waals surface area contributed by atoms with Crippen LogP contribution in [0.5, 0.6) is 11.6 Å². The number of hydrogen-bond donors (Lipinski definition) is 2. The van der Waals surface area contributed by atoms with E-state index in [-0.39, 0.29) is 13.2 Å². The number of pyridine rings is 1. The van der Waals surface area contributed by atoms with Gasteiger partial charge in [0.05, 0.1) is 6.61 Å². The first-order valence-electron chi connectivity index (χ1n) is 5.75. The van der Waals surface area contributed by atoms with Crippen molar-refractivity contribution in [2.45, 2.75) is 13.0 Å². The highest BCUT2D eigenvalue weighted by Gasteiger charge is 2.00. The van der Waals surface area contributed by atoms with Crippen LogP contribution < -0.4 is 4.74 Å². The van der Waals surface area contributed by atoms with Gasteiger partial charge >= 0.3 is 0 Å². The topological polar surface area (TPSA) is 62.6 Å². The molecule has 0 atom stereocenters. The Balaban J connectivity index is 2.08. The molecule has 0 fully saturated rings. The van der Waals surface area contributed by atoms with Crippen molar-refractivity contribution < 1.29 is 14.9 Å². The normalized spacial score (nSPS) is 10.3. The Bertz CT molecular complexity index is 497. The maximum absolute atomic E-state index is 9.02. The van der Waals surface area contributed by atoms with E-state index in [1.54, 1.807) is 18.3 Å². The van der Waals surface area contributed by atoms with E-state index in [2.05, 4.69) is 4.98 Å². The molecule has 0 spiro atoms. The molecule has 94 valence electrons. The fraction of sp³-hybridized carbons (Fsp3) is 0.214. The molecule has 1 aromatic heterocycles. The first kappa shape index (κ1) is 12.5. The Hall–Kier alpha value is -1.91. The van der Waals surface area contributed by atoms with Crippen molar-refractivity contribution in [2.75, 3.05) is 6.61 Å². The Kier molecular flexibility index (Phi) is 4.28. The number of nitrogens with zero attached hydrogens (tertiary/aromatic N) is 1. The van der Waals surface area contributed by atoms with Crippen molar-refractivity contribution in [3.63, 3.8) is 0 Å². The zero-order valence-electron chi connectivity index (χ0n) is 9.91. The van der Waals surface area contributed by atoms with Gasteiger partial charge in [0.25, 0.3) is 0 Å². The highest BCUT2D eigenvalue weighted by atomic mass is 16.5. The Morgan fingerprint density at radius 1 is 1.00 bits per heavy atom. The van der Waals surface area contributed by atoms with E-state index in [0.29, 0.717) is 18.1 Å². The Labute approximate surface area is 106 Å². The molecule has 18 heavy (non-hydrogen) atoms. The highest BCUT2D eigenvalue weighted by Crippen LogP contribution is 2.20. The van der Waals surface area contributed by atoms with Crippen molar-refractivity contribution >= 4 is 0 Å². The third-order valence-corrected chi connectivity index (χ3v) is 2.53. The monoisotopic (exact) mass is 245 g/mol. The molecular formula is C14H15NO3. The van der Waals surface area contributed by atoms with Crippen LogP contribution in [0.1, 0.15) is 11.1 Å². The lowest BCUT2D eigenvalue weighted by Gasteiger charge is -2.06. The summed E-state index contributed by atoms with van der Waals surface area (Å²) >= 11 is 0. The number of aliphatic hydroxyl groups excluding tert-OH is 2. The molecule has 2 rings (SSSR count). The fourth-order valence-corrected chi connectivity index (χ4v) is 1.58. The van der Waals surface area contributed by atoms with Crippen LogP contribution in [0.4, 0.5) is 0 Å². The summed E-state index contributed by atoms with van der Waals surface area (Å²) in [6.07, 6.45) is 2.24. The van der Waals surface area contributed by atoms with Gasteiger partial charge in [0.1, 0.15) is 5.75 Å². The van der Waals surface area contributed by atoms with Crippen LogP contribution in [0.15, 0.2) is 42.6 Å². The number of benzene rings is 1. The van der Waals surface area contributed by atoms with Crippen molar-refractivity contribution in [1.82, 2.24) is 4.98 Å². The maximum Gasteiger partial charge on any atom is 0.219 e. The summed E-state index contributed by atoms with van der Waals surface area (Å²) in [7, 11) is 0. The van der Waals surface area contributed by atoms with Crippen LogP contribution in [-0.4, -0.2) is 21.8 Å². The van der Waals surface area contributed by atoms with Crippen molar-refractivity contribution in [1.29, 1.82) is 0 Å². The van der Waals surface area contributed by atoms with Gasteiger partial charge in [0.2, 0.25) is 5.88 Å². The van der Waals surface area contributed by atoms with Gasteiger partial charge in [-0.15, -0.1) is 0 Å². The van der Waals surface area contributed by atoms with Gasteiger partial charge in [-0.3, -0.25) is 0 Å². The van der Waals surface area contributed by atoms with E-state index in [4.69, 9.17) is 14.9 Å². The zero-order valence-corrected chi connectivity index (χ0v) is 9.91. The zero-order chi connectivity index (χ0) is 12.8. The smallest absolute Gasteiger partial charge is 0.219 e. The molecule has 0 aliphatic heterocycles. The van der Waals surface area contributed by atoms with Gasteiger partial charge in [0.15, 0.2) is 0 Å². The molecule has 2 N–H and O–H groups in total. The molecule has 1 heterocycles. The molecule has 4 nitrogen and oxygen atoms in total. The number of rotatable bonds is 5. The van der Waals surface area contributed by atoms with E-state index >= 15 is 0 Å². The lowest BCUT2D eigenvalue weighted by Crippen LogP contribution is -1.92. The second kappa shape index (κ2) is 6.14. The second-order valence-corrected chi connectivity index (χ2v) is 3.88. The van der Waals surface area contributed by atoms with Crippen molar-refractivity contribution in [3.8, 4) is 11.6 Å². The third-order valence-electron chi connectivity index (χ3n) is 2.53. The quantitative estimate of drug-likeness (QED) is 0.844. The number of aromatic nitrogens is 1. The maximum atomic E-state index is 9.02. The largest absolute Gasteiger partial charge is 0.439 e. The average molecular weight is 245 g/mol. The van der Waals surface area contributed by atoms with Crippen molar-refractivity contribution in [2.24, 2.45) is 0 Å². The van der Waals surface area contributed by atoms with E-state index < -0.39 is 0 Å². The molecule has 0 bridgehead atoms. The molecule has 1 aromatic carbocycles. The number of aliphatic hydroxyl groups is 2. The molecule has 0 aliphatic carbocycles. The molecule has 4 heteroatoms. The molecule has 2 aromatic rings. The van der Waals surface area contributed by atoms with Crippen LogP contribution in [0, 0.1) is 0 Å². The van der Waals surface area contributed by atoms with Gasteiger partial charge in [0, 0.05) is 18.9 Å². The third kappa shape index (κ3) is 3.29. The van der Waals surface area contributed by atoms with Gasteiger partial charge in [-0.1, -0.05) is 12.1 Å². The van der Waals surface area contributed by atoms with E-state index in [1.165, 1.54) is 0 Å². The minimum Gasteiger partial charge on any atom is -0.439 e. The van der Waals surface area contributed by atoms with Gasteiger partial charge in [-0.2, -0.15) is 0 Å². The van der Waals surface area contributed by atoms with Crippen LogP contribution in [0.3, 0.4) is 0 Å². The summed E-state index contributed by atoms with van der Waals surface area (Å²) in [5.41, 5.74) is 1.82. The predicted octanol–water partition coefficient (Wildman–Crippen LogP) is 1.90. The lowest BCUT2D eigenvalue weighted by atomic mass is 10.1. The average Bonchev–Trinajstić information content (AvgIpc) is 2.42. The molecule has 0 radical (unpaired) electrons. The van der Waals surface area contributed by atoms with E-state index in [1.807, 2.05) is 24.3 Å². The summed E-state index contributed by atoms with van der Waals surface area (Å²) in [5.74, 6) is 1.13. The summed E-state index contributed by atoms with van der Waals surface area (Å²) in [5, 5.41) is 17.8. The second-order valence-electron chi connectivity index (χ2n) is 3.88. The summed E-state index contributed by atoms with van der Waals surface area (Å²) in [6.45, 7) is 0.106. The number of hydrogen-bond acceptors (Lipinski definition) is 4. The Morgan fingerprint density at radius 2 is 1.78 bits per heavy atom. The van der Waals surface area contributed by atoms with Crippen LogP contribution in [0.2, 0.25) is 0 Å².